The van der Waals surface area contributed by atoms with Crippen LogP contribution in [0.1, 0.15) is 34.6 Å². The lowest BCUT2D eigenvalue weighted by Crippen LogP contribution is -2.52. The van der Waals surface area contributed by atoms with E-state index in [-0.39, 0.29) is 6.54 Å². The molecule has 0 fully saturated rings. The average Bonchev–Trinajstić information content (AvgIpc) is 2.34. The predicted octanol–water partition coefficient (Wildman–Crippen LogP) is 3.08. The molecule has 0 saturated heterocycles. The molecule has 6 heteroatoms. The van der Waals surface area contributed by atoms with Gasteiger partial charge in [0.05, 0.1) is 5.54 Å². The fourth-order valence-corrected chi connectivity index (χ4v) is 1.55. The molecule has 0 aliphatic carbocycles. The first kappa shape index (κ1) is 17.8. The number of carbonyl (C=O) groups is 2. The normalized spacial score (nSPS) is 11.5. The van der Waals surface area contributed by atoms with Gasteiger partial charge in [-0.1, -0.05) is 18.2 Å². The largest absolute Gasteiger partial charge is 0.444 e. The van der Waals surface area contributed by atoms with E-state index in [1.807, 2.05) is 6.07 Å². The number of ether oxygens (including phenoxy) is 2. The molecule has 1 rings (SSSR count). The first-order chi connectivity index (χ1) is 10.1. The molecule has 2 N–H and O–H groups in total. The molecule has 0 aliphatic heterocycles. The van der Waals surface area contributed by atoms with E-state index in [9.17, 15) is 9.59 Å². The van der Waals surface area contributed by atoms with E-state index >= 15 is 0 Å². The Bertz CT molecular complexity index is 507. The van der Waals surface area contributed by atoms with Crippen LogP contribution in [0.5, 0.6) is 5.75 Å². The SMILES string of the molecule is CC(C)(CNC(=O)Oc1ccccc1)NC(=O)OC(C)(C)C. The predicted molar refractivity (Wildman–Crippen MR) is 83.9 cm³/mol. The Hall–Kier alpha value is -2.24. The molecule has 0 aliphatic rings. The Morgan fingerprint density at radius 2 is 1.59 bits per heavy atom. The lowest BCUT2D eigenvalue weighted by Gasteiger charge is -2.28. The molecule has 0 heterocycles. The van der Waals surface area contributed by atoms with Gasteiger partial charge in [-0.3, -0.25) is 0 Å². The lowest BCUT2D eigenvalue weighted by molar-refractivity contribution is 0.0471. The number of carbonyl (C=O) groups excluding carboxylic acids is 2. The maximum Gasteiger partial charge on any atom is 0.412 e. The second-order valence-electron chi connectivity index (χ2n) is 6.57. The maximum absolute atomic E-state index is 11.7. The summed E-state index contributed by atoms with van der Waals surface area (Å²) in [5.74, 6) is 0.456. The van der Waals surface area contributed by atoms with Gasteiger partial charge in [0.2, 0.25) is 0 Å². The molecule has 0 bridgehead atoms. The van der Waals surface area contributed by atoms with Gasteiger partial charge in [0.1, 0.15) is 11.4 Å². The molecular formula is C16H24N2O4. The molecule has 2 amide bonds. The molecule has 1 aromatic carbocycles. The first-order valence-electron chi connectivity index (χ1n) is 7.09. The Labute approximate surface area is 131 Å². The highest BCUT2D eigenvalue weighted by Gasteiger charge is 2.25. The second-order valence-corrected chi connectivity index (χ2v) is 6.57. The lowest BCUT2D eigenvalue weighted by atomic mass is 10.1. The minimum Gasteiger partial charge on any atom is -0.444 e. The summed E-state index contributed by atoms with van der Waals surface area (Å²) >= 11 is 0. The summed E-state index contributed by atoms with van der Waals surface area (Å²) in [7, 11) is 0. The number of hydrogen-bond donors (Lipinski definition) is 2. The Morgan fingerprint density at radius 3 is 2.14 bits per heavy atom. The summed E-state index contributed by atoms with van der Waals surface area (Å²) in [4.78, 5) is 23.4. The molecule has 6 nitrogen and oxygen atoms in total. The number of hydrogen-bond acceptors (Lipinski definition) is 4. The highest BCUT2D eigenvalue weighted by molar-refractivity contribution is 5.71. The van der Waals surface area contributed by atoms with E-state index in [4.69, 9.17) is 9.47 Å². The van der Waals surface area contributed by atoms with Gasteiger partial charge in [-0.2, -0.15) is 0 Å². The van der Waals surface area contributed by atoms with Gasteiger partial charge < -0.3 is 20.1 Å². The molecule has 0 spiro atoms. The highest BCUT2D eigenvalue weighted by atomic mass is 16.6. The average molecular weight is 308 g/mol. The van der Waals surface area contributed by atoms with Crippen molar-refractivity contribution in [3.05, 3.63) is 30.3 Å². The zero-order valence-corrected chi connectivity index (χ0v) is 13.7. The molecule has 0 aromatic heterocycles. The van der Waals surface area contributed by atoms with Crippen molar-refractivity contribution in [1.82, 2.24) is 10.6 Å². The zero-order valence-electron chi connectivity index (χ0n) is 13.7. The van der Waals surface area contributed by atoms with Gasteiger partial charge in [-0.05, 0) is 46.8 Å². The molecular weight excluding hydrogens is 284 g/mol. The van der Waals surface area contributed by atoms with Gasteiger partial charge in [0.25, 0.3) is 0 Å². The molecule has 0 atom stereocenters. The van der Waals surface area contributed by atoms with E-state index in [1.54, 1.807) is 58.9 Å². The molecule has 0 radical (unpaired) electrons. The van der Waals surface area contributed by atoms with Crippen molar-refractivity contribution >= 4 is 12.2 Å². The summed E-state index contributed by atoms with van der Waals surface area (Å²) in [6.07, 6.45) is -1.11. The third-order valence-electron chi connectivity index (χ3n) is 2.47. The van der Waals surface area contributed by atoms with Crippen LogP contribution in [0.2, 0.25) is 0 Å². The summed E-state index contributed by atoms with van der Waals surface area (Å²) in [6.45, 7) is 9.12. The van der Waals surface area contributed by atoms with Gasteiger partial charge in [-0.15, -0.1) is 0 Å². The summed E-state index contributed by atoms with van der Waals surface area (Å²) < 4.78 is 10.3. The standard InChI is InChI=1S/C16H24N2O4/c1-15(2,3)22-14(20)18-16(4,5)11-17-13(19)21-12-9-7-6-8-10-12/h6-10H,11H2,1-5H3,(H,17,19)(H,18,20). The van der Waals surface area contributed by atoms with Gasteiger partial charge in [-0.25, -0.2) is 9.59 Å². The quantitative estimate of drug-likeness (QED) is 0.896. The molecule has 22 heavy (non-hydrogen) atoms. The van der Waals surface area contributed by atoms with Gasteiger partial charge in [0.15, 0.2) is 0 Å². The fourth-order valence-electron chi connectivity index (χ4n) is 1.55. The van der Waals surface area contributed by atoms with Crippen molar-refractivity contribution in [3.8, 4) is 5.75 Å². The minimum absolute atomic E-state index is 0.206. The topological polar surface area (TPSA) is 76.7 Å². The van der Waals surface area contributed by atoms with Crippen LogP contribution >= 0.6 is 0 Å². The number of nitrogens with one attached hydrogen (secondary N) is 2. The van der Waals surface area contributed by atoms with Crippen molar-refractivity contribution in [2.75, 3.05) is 6.54 Å². The number of alkyl carbamates (subject to hydrolysis) is 1. The zero-order chi connectivity index (χ0) is 16.8. The van der Waals surface area contributed by atoms with E-state index < -0.39 is 23.3 Å². The minimum atomic E-state index is -0.669. The van der Waals surface area contributed by atoms with Crippen molar-refractivity contribution in [1.29, 1.82) is 0 Å². The summed E-state index contributed by atoms with van der Waals surface area (Å²) in [6, 6.07) is 8.75. The van der Waals surface area contributed by atoms with Crippen LogP contribution in [0.25, 0.3) is 0 Å². The van der Waals surface area contributed by atoms with Crippen LogP contribution in [0.4, 0.5) is 9.59 Å². The fraction of sp³-hybridized carbons (Fsp3) is 0.500. The van der Waals surface area contributed by atoms with Crippen LogP contribution < -0.4 is 15.4 Å². The maximum atomic E-state index is 11.7. The third-order valence-corrected chi connectivity index (χ3v) is 2.47. The first-order valence-corrected chi connectivity index (χ1v) is 7.09. The monoisotopic (exact) mass is 308 g/mol. The van der Waals surface area contributed by atoms with Crippen molar-refractivity contribution in [3.63, 3.8) is 0 Å². The van der Waals surface area contributed by atoms with Crippen LogP contribution in [0.3, 0.4) is 0 Å². The highest BCUT2D eigenvalue weighted by Crippen LogP contribution is 2.10. The molecule has 0 saturated carbocycles. The van der Waals surface area contributed by atoms with Crippen molar-refractivity contribution in [2.24, 2.45) is 0 Å². The summed E-state index contributed by atoms with van der Waals surface area (Å²) in [5, 5.41) is 5.31. The number of benzene rings is 1. The van der Waals surface area contributed by atoms with Crippen molar-refractivity contribution in [2.45, 2.75) is 45.8 Å². The Kier molecular flexibility index (Phi) is 5.79. The van der Waals surface area contributed by atoms with E-state index in [0.29, 0.717) is 5.75 Å². The molecule has 122 valence electrons. The van der Waals surface area contributed by atoms with Gasteiger partial charge >= 0.3 is 12.2 Å². The van der Waals surface area contributed by atoms with Crippen LogP contribution in [0, 0.1) is 0 Å². The number of para-hydroxylation sites is 1. The molecule has 0 unspecified atom stereocenters. The smallest absolute Gasteiger partial charge is 0.412 e. The Morgan fingerprint density at radius 1 is 1.00 bits per heavy atom. The molecule has 1 aromatic rings. The third kappa shape index (κ3) is 7.52. The number of rotatable bonds is 4. The van der Waals surface area contributed by atoms with E-state index in [1.165, 1.54) is 0 Å². The Balaban J connectivity index is 2.41. The van der Waals surface area contributed by atoms with Gasteiger partial charge in [0, 0.05) is 6.54 Å². The van der Waals surface area contributed by atoms with E-state index in [0.717, 1.165) is 0 Å². The second kappa shape index (κ2) is 7.15. The van der Waals surface area contributed by atoms with Crippen molar-refractivity contribution < 1.29 is 19.1 Å². The summed E-state index contributed by atoms with van der Waals surface area (Å²) in [5.41, 5.74) is -1.24. The van der Waals surface area contributed by atoms with E-state index in [2.05, 4.69) is 10.6 Å². The van der Waals surface area contributed by atoms with Crippen LogP contribution in [-0.2, 0) is 4.74 Å². The van der Waals surface area contributed by atoms with Crippen LogP contribution in [0.15, 0.2) is 30.3 Å². The number of amides is 2. The van der Waals surface area contributed by atoms with Crippen LogP contribution in [-0.4, -0.2) is 29.9 Å².